The van der Waals surface area contributed by atoms with E-state index in [-0.39, 0.29) is 5.91 Å². The molecule has 1 atom stereocenters. The quantitative estimate of drug-likeness (QED) is 0.878. The number of hydrogen-bond donors (Lipinski definition) is 1. The number of rotatable bonds is 6. The Morgan fingerprint density at radius 3 is 2.68 bits per heavy atom. The van der Waals surface area contributed by atoms with Gasteiger partial charge in [0.15, 0.2) is 0 Å². The van der Waals surface area contributed by atoms with E-state index < -0.39 is 0 Å². The summed E-state index contributed by atoms with van der Waals surface area (Å²) in [5.74, 6) is 1.53. The molecule has 1 N–H and O–H groups in total. The van der Waals surface area contributed by atoms with Crippen molar-refractivity contribution < 1.29 is 9.53 Å². The molecule has 4 heteroatoms. The van der Waals surface area contributed by atoms with Gasteiger partial charge in [0, 0.05) is 25.6 Å². The van der Waals surface area contributed by atoms with Crippen molar-refractivity contribution in [3.63, 3.8) is 0 Å². The third kappa shape index (κ3) is 4.47. The van der Waals surface area contributed by atoms with Gasteiger partial charge in [-0.25, -0.2) is 0 Å². The first-order valence-corrected chi connectivity index (χ1v) is 8.21. The fourth-order valence-corrected chi connectivity index (χ4v) is 3.16. The Kier molecular flexibility index (Phi) is 6.25. The minimum atomic E-state index is 0.289. The SMILES string of the molecule is CNC1CCN(C(=O)CC(C)Cc2ccccc2OC)CC1. The number of para-hydroxylation sites is 1. The molecule has 0 spiro atoms. The van der Waals surface area contributed by atoms with Gasteiger partial charge in [-0.05, 0) is 43.9 Å². The van der Waals surface area contributed by atoms with Crippen LogP contribution in [0, 0.1) is 5.92 Å². The summed E-state index contributed by atoms with van der Waals surface area (Å²) in [5, 5.41) is 3.30. The van der Waals surface area contributed by atoms with Crippen molar-refractivity contribution in [2.75, 3.05) is 27.2 Å². The lowest BCUT2D eigenvalue weighted by Gasteiger charge is -2.32. The summed E-state index contributed by atoms with van der Waals surface area (Å²) in [6.07, 6.45) is 3.61. The number of carbonyl (C=O) groups excluding carboxylic acids is 1. The van der Waals surface area contributed by atoms with E-state index in [4.69, 9.17) is 4.74 Å². The van der Waals surface area contributed by atoms with Gasteiger partial charge in [0.2, 0.25) is 5.91 Å². The molecule has 0 bridgehead atoms. The molecule has 1 heterocycles. The first-order chi connectivity index (χ1) is 10.6. The number of piperidine rings is 1. The van der Waals surface area contributed by atoms with E-state index in [0.717, 1.165) is 38.1 Å². The fraction of sp³-hybridized carbons (Fsp3) is 0.611. The maximum atomic E-state index is 12.4. The van der Waals surface area contributed by atoms with Crippen LogP contribution < -0.4 is 10.1 Å². The normalized spacial score (nSPS) is 17.3. The summed E-state index contributed by atoms with van der Waals surface area (Å²) < 4.78 is 5.39. The number of nitrogens with one attached hydrogen (secondary N) is 1. The number of hydrogen-bond acceptors (Lipinski definition) is 3. The third-order valence-corrected chi connectivity index (χ3v) is 4.54. The van der Waals surface area contributed by atoms with Crippen molar-refractivity contribution >= 4 is 5.91 Å². The van der Waals surface area contributed by atoms with Gasteiger partial charge in [0.25, 0.3) is 0 Å². The zero-order chi connectivity index (χ0) is 15.9. The van der Waals surface area contributed by atoms with Gasteiger partial charge >= 0.3 is 0 Å². The molecule has 0 aliphatic carbocycles. The molecular weight excluding hydrogens is 276 g/mol. The zero-order valence-electron chi connectivity index (χ0n) is 14.0. The van der Waals surface area contributed by atoms with Gasteiger partial charge in [-0.15, -0.1) is 0 Å². The highest BCUT2D eigenvalue weighted by Crippen LogP contribution is 2.23. The van der Waals surface area contributed by atoms with Crippen molar-refractivity contribution in [1.29, 1.82) is 0 Å². The van der Waals surface area contributed by atoms with E-state index >= 15 is 0 Å². The number of carbonyl (C=O) groups is 1. The Morgan fingerprint density at radius 2 is 2.05 bits per heavy atom. The van der Waals surface area contributed by atoms with Crippen LogP contribution in [0.15, 0.2) is 24.3 Å². The van der Waals surface area contributed by atoms with Crippen LogP contribution in [-0.4, -0.2) is 44.1 Å². The number of likely N-dealkylation sites (tertiary alicyclic amines) is 1. The lowest BCUT2D eigenvalue weighted by Crippen LogP contribution is -2.44. The van der Waals surface area contributed by atoms with E-state index in [2.05, 4.69) is 18.3 Å². The number of methoxy groups -OCH3 is 1. The Morgan fingerprint density at radius 1 is 1.36 bits per heavy atom. The molecule has 0 saturated carbocycles. The molecule has 1 aliphatic heterocycles. The van der Waals surface area contributed by atoms with Crippen LogP contribution in [0.3, 0.4) is 0 Å². The number of nitrogens with zero attached hydrogens (tertiary/aromatic N) is 1. The van der Waals surface area contributed by atoms with Crippen LogP contribution in [0.4, 0.5) is 0 Å². The average molecular weight is 304 g/mol. The largest absolute Gasteiger partial charge is 0.496 e. The summed E-state index contributed by atoms with van der Waals surface area (Å²) in [5.41, 5.74) is 1.18. The Hall–Kier alpha value is -1.55. The second kappa shape index (κ2) is 8.18. The van der Waals surface area contributed by atoms with Gasteiger partial charge in [-0.1, -0.05) is 25.1 Å². The molecule has 1 amide bonds. The average Bonchev–Trinajstić information content (AvgIpc) is 2.55. The van der Waals surface area contributed by atoms with E-state index in [0.29, 0.717) is 18.4 Å². The Labute approximate surface area is 133 Å². The van der Waals surface area contributed by atoms with E-state index in [1.807, 2.05) is 30.1 Å². The number of benzene rings is 1. The lowest BCUT2D eigenvalue weighted by atomic mass is 9.96. The highest BCUT2D eigenvalue weighted by atomic mass is 16.5. The molecule has 1 unspecified atom stereocenters. The van der Waals surface area contributed by atoms with E-state index in [1.54, 1.807) is 7.11 Å². The fourth-order valence-electron chi connectivity index (χ4n) is 3.16. The van der Waals surface area contributed by atoms with Crippen LogP contribution in [0.5, 0.6) is 5.75 Å². The first-order valence-electron chi connectivity index (χ1n) is 8.21. The molecule has 2 rings (SSSR count). The van der Waals surface area contributed by atoms with Crippen LogP contribution in [-0.2, 0) is 11.2 Å². The monoisotopic (exact) mass is 304 g/mol. The molecule has 1 saturated heterocycles. The smallest absolute Gasteiger partial charge is 0.222 e. The summed E-state index contributed by atoms with van der Waals surface area (Å²) in [4.78, 5) is 14.4. The maximum Gasteiger partial charge on any atom is 0.222 e. The molecule has 1 aromatic rings. The Bertz CT molecular complexity index is 482. The van der Waals surface area contributed by atoms with Gasteiger partial charge in [-0.2, -0.15) is 0 Å². The van der Waals surface area contributed by atoms with Gasteiger partial charge < -0.3 is 15.0 Å². The molecule has 122 valence electrons. The molecule has 22 heavy (non-hydrogen) atoms. The molecule has 1 aliphatic rings. The standard InChI is InChI=1S/C18H28N2O2/c1-14(12-15-6-4-5-7-17(15)22-3)13-18(21)20-10-8-16(19-2)9-11-20/h4-7,14,16,19H,8-13H2,1-3H3. The summed E-state index contributed by atoms with van der Waals surface area (Å²) in [6, 6.07) is 8.62. The second-order valence-corrected chi connectivity index (χ2v) is 6.27. The van der Waals surface area contributed by atoms with Gasteiger partial charge in [0.05, 0.1) is 7.11 Å². The van der Waals surface area contributed by atoms with Crippen LogP contribution in [0.2, 0.25) is 0 Å². The Balaban J connectivity index is 1.84. The highest BCUT2D eigenvalue weighted by Gasteiger charge is 2.23. The van der Waals surface area contributed by atoms with Crippen molar-refractivity contribution in [3.05, 3.63) is 29.8 Å². The number of amides is 1. The molecule has 0 radical (unpaired) electrons. The summed E-state index contributed by atoms with van der Waals surface area (Å²) in [6.45, 7) is 3.90. The third-order valence-electron chi connectivity index (χ3n) is 4.54. The lowest BCUT2D eigenvalue weighted by molar-refractivity contribution is -0.133. The molecule has 0 aromatic heterocycles. The van der Waals surface area contributed by atoms with Gasteiger partial charge in [-0.3, -0.25) is 4.79 Å². The maximum absolute atomic E-state index is 12.4. The minimum absolute atomic E-state index is 0.289. The number of ether oxygens (including phenoxy) is 1. The molecule has 1 aromatic carbocycles. The molecule has 1 fully saturated rings. The van der Waals surface area contributed by atoms with Crippen molar-refractivity contribution in [2.24, 2.45) is 5.92 Å². The predicted octanol–water partition coefficient (Wildman–Crippen LogP) is 2.47. The second-order valence-electron chi connectivity index (χ2n) is 6.27. The van der Waals surface area contributed by atoms with Crippen LogP contribution in [0.1, 0.15) is 31.7 Å². The van der Waals surface area contributed by atoms with E-state index in [1.165, 1.54) is 5.56 Å². The first kappa shape index (κ1) is 16.8. The van der Waals surface area contributed by atoms with E-state index in [9.17, 15) is 4.79 Å². The summed E-state index contributed by atoms with van der Waals surface area (Å²) >= 11 is 0. The zero-order valence-corrected chi connectivity index (χ0v) is 14.0. The summed E-state index contributed by atoms with van der Waals surface area (Å²) in [7, 11) is 3.69. The molecular formula is C18H28N2O2. The minimum Gasteiger partial charge on any atom is -0.496 e. The van der Waals surface area contributed by atoms with Gasteiger partial charge in [0.1, 0.15) is 5.75 Å². The van der Waals surface area contributed by atoms with Crippen LogP contribution >= 0.6 is 0 Å². The molecule has 4 nitrogen and oxygen atoms in total. The van der Waals surface area contributed by atoms with Crippen molar-refractivity contribution in [1.82, 2.24) is 10.2 Å². The van der Waals surface area contributed by atoms with Crippen molar-refractivity contribution in [3.8, 4) is 5.75 Å². The van der Waals surface area contributed by atoms with Crippen LogP contribution in [0.25, 0.3) is 0 Å². The van der Waals surface area contributed by atoms with Crippen molar-refractivity contribution in [2.45, 2.75) is 38.6 Å². The highest BCUT2D eigenvalue weighted by molar-refractivity contribution is 5.76. The predicted molar refractivity (Wildman–Crippen MR) is 89.1 cm³/mol. The topological polar surface area (TPSA) is 41.6 Å².